The van der Waals surface area contributed by atoms with E-state index in [0.29, 0.717) is 16.7 Å². The summed E-state index contributed by atoms with van der Waals surface area (Å²) in [5.74, 6) is 0.247. The standard InChI is InChI=1S/C18H18N2O5S2/c21-26(22)11-8-15(13-26)20(12-16-6-3-10-25-16)27(23,24)17-7-1-4-14-5-2-9-19-18(14)17/h1-7,9-10,15H,8,11-13H2/t15-/m1/s1. The smallest absolute Gasteiger partial charge is 0.245 e. The molecule has 4 rings (SSSR count). The van der Waals surface area contributed by atoms with Crippen LogP contribution in [0.2, 0.25) is 0 Å². The molecule has 1 atom stereocenters. The van der Waals surface area contributed by atoms with Gasteiger partial charge in [0.25, 0.3) is 0 Å². The molecule has 1 saturated heterocycles. The number of sulfonamides is 1. The SMILES string of the molecule is O=S1(=O)CC[C@@H](N(Cc2ccco2)S(=O)(=O)c2cccc3cccnc23)C1. The van der Waals surface area contributed by atoms with E-state index in [1.54, 1.807) is 36.4 Å². The Balaban J connectivity index is 1.82. The molecule has 0 spiro atoms. The van der Waals surface area contributed by atoms with E-state index >= 15 is 0 Å². The van der Waals surface area contributed by atoms with Gasteiger partial charge in [0.05, 0.1) is 29.8 Å². The molecule has 0 aliphatic carbocycles. The number of benzene rings is 1. The number of hydrogen-bond acceptors (Lipinski definition) is 6. The van der Waals surface area contributed by atoms with Gasteiger partial charge in [0.1, 0.15) is 10.7 Å². The van der Waals surface area contributed by atoms with E-state index < -0.39 is 25.9 Å². The third-order valence-electron chi connectivity index (χ3n) is 4.69. The van der Waals surface area contributed by atoms with E-state index in [4.69, 9.17) is 4.42 Å². The first kappa shape index (κ1) is 18.1. The normalized spacial score (nSPS) is 19.7. The van der Waals surface area contributed by atoms with Crippen LogP contribution in [0.3, 0.4) is 0 Å². The fourth-order valence-corrected chi connectivity index (χ4v) is 6.99. The zero-order valence-electron chi connectivity index (χ0n) is 14.4. The lowest BCUT2D eigenvalue weighted by Crippen LogP contribution is -2.40. The average molecular weight is 406 g/mol. The summed E-state index contributed by atoms with van der Waals surface area (Å²) < 4.78 is 57.5. The minimum atomic E-state index is -3.99. The van der Waals surface area contributed by atoms with Gasteiger partial charge in [-0.2, -0.15) is 4.31 Å². The number of para-hydroxylation sites is 1. The molecular formula is C18H18N2O5S2. The molecule has 0 saturated carbocycles. The molecule has 0 amide bonds. The molecule has 0 N–H and O–H groups in total. The Labute approximate surface area is 157 Å². The minimum Gasteiger partial charge on any atom is -0.468 e. The van der Waals surface area contributed by atoms with Crippen molar-refractivity contribution in [3.05, 3.63) is 60.7 Å². The fourth-order valence-electron chi connectivity index (χ4n) is 3.38. The summed E-state index contributed by atoms with van der Waals surface area (Å²) in [4.78, 5) is 4.30. The number of aromatic nitrogens is 1. The van der Waals surface area contributed by atoms with Crippen LogP contribution in [0, 0.1) is 0 Å². The molecule has 1 aliphatic heterocycles. The van der Waals surface area contributed by atoms with Crippen molar-refractivity contribution >= 4 is 30.8 Å². The van der Waals surface area contributed by atoms with Gasteiger partial charge in [-0.05, 0) is 30.7 Å². The van der Waals surface area contributed by atoms with Crippen molar-refractivity contribution in [1.82, 2.24) is 9.29 Å². The van der Waals surface area contributed by atoms with Crippen molar-refractivity contribution in [3.8, 4) is 0 Å². The summed E-state index contributed by atoms with van der Waals surface area (Å²) in [5, 5.41) is 0.704. The number of pyridine rings is 1. The second-order valence-corrected chi connectivity index (χ2v) is 10.6. The molecule has 1 aromatic carbocycles. The summed E-state index contributed by atoms with van der Waals surface area (Å²) in [7, 11) is -7.25. The zero-order chi connectivity index (χ0) is 19.1. The Morgan fingerprint density at radius 1 is 1.15 bits per heavy atom. The molecule has 142 valence electrons. The van der Waals surface area contributed by atoms with Gasteiger partial charge in [0, 0.05) is 17.6 Å². The average Bonchev–Trinajstić information content (AvgIpc) is 3.28. The van der Waals surface area contributed by atoms with E-state index in [-0.39, 0.29) is 29.4 Å². The molecule has 1 aliphatic rings. The molecule has 3 aromatic rings. The predicted molar refractivity (Wildman–Crippen MR) is 100 cm³/mol. The molecular weight excluding hydrogens is 388 g/mol. The Kier molecular flexibility index (Phi) is 4.53. The van der Waals surface area contributed by atoms with Crippen molar-refractivity contribution in [1.29, 1.82) is 0 Å². The van der Waals surface area contributed by atoms with Crippen LogP contribution in [0.5, 0.6) is 0 Å². The predicted octanol–water partition coefficient (Wildman–Crippen LogP) is 2.21. The number of rotatable bonds is 5. The van der Waals surface area contributed by atoms with E-state index in [0.717, 1.165) is 0 Å². The van der Waals surface area contributed by atoms with Crippen molar-refractivity contribution in [2.75, 3.05) is 11.5 Å². The van der Waals surface area contributed by atoms with Gasteiger partial charge in [-0.1, -0.05) is 18.2 Å². The maximum absolute atomic E-state index is 13.5. The van der Waals surface area contributed by atoms with E-state index in [1.807, 2.05) is 0 Å². The Hall–Kier alpha value is -2.23. The van der Waals surface area contributed by atoms with Crippen LogP contribution < -0.4 is 0 Å². The highest BCUT2D eigenvalue weighted by molar-refractivity contribution is 7.92. The number of sulfone groups is 1. The first-order valence-electron chi connectivity index (χ1n) is 8.45. The molecule has 2 aromatic heterocycles. The zero-order valence-corrected chi connectivity index (χ0v) is 16.0. The maximum Gasteiger partial charge on any atom is 0.245 e. The van der Waals surface area contributed by atoms with Crippen LogP contribution in [0.1, 0.15) is 12.2 Å². The van der Waals surface area contributed by atoms with E-state index in [1.165, 1.54) is 22.8 Å². The Morgan fingerprint density at radius 2 is 1.96 bits per heavy atom. The lowest BCUT2D eigenvalue weighted by Gasteiger charge is -2.27. The van der Waals surface area contributed by atoms with Crippen molar-refractivity contribution in [2.24, 2.45) is 0 Å². The summed E-state index contributed by atoms with van der Waals surface area (Å²) in [6.07, 6.45) is 3.27. The van der Waals surface area contributed by atoms with Gasteiger partial charge in [-0.25, -0.2) is 16.8 Å². The molecule has 3 heterocycles. The summed E-state index contributed by atoms with van der Waals surface area (Å²) >= 11 is 0. The first-order chi connectivity index (χ1) is 12.9. The number of furan rings is 1. The quantitative estimate of drug-likeness (QED) is 0.644. The number of fused-ring (bicyclic) bond motifs is 1. The lowest BCUT2D eigenvalue weighted by molar-refractivity contribution is 0.307. The first-order valence-corrected chi connectivity index (χ1v) is 11.7. The van der Waals surface area contributed by atoms with Crippen molar-refractivity contribution < 1.29 is 21.3 Å². The van der Waals surface area contributed by atoms with Crippen LogP contribution >= 0.6 is 0 Å². The van der Waals surface area contributed by atoms with Gasteiger partial charge in [-0.15, -0.1) is 0 Å². The van der Waals surface area contributed by atoms with Gasteiger partial charge in [-0.3, -0.25) is 4.98 Å². The van der Waals surface area contributed by atoms with Crippen LogP contribution in [-0.4, -0.2) is 43.7 Å². The summed E-state index contributed by atoms with van der Waals surface area (Å²) in [5.41, 5.74) is 0.366. The molecule has 9 heteroatoms. The van der Waals surface area contributed by atoms with E-state index in [9.17, 15) is 16.8 Å². The van der Waals surface area contributed by atoms with Crippen molar-refractivity contribution in [3.63, 3.8) is 0 Å². The van der Waals surface area contributed by atoms with Gasteiger partial charge in [0.15, 0.2) is 9.84 Å². The van der Waals surface area contributed by atoms with Crippen LogP contribution in [0.15, 0.2) is 64.2 Å². The van der Waals surface area contributed by atoms with Crippen LogP contribution in [0.25, 0.3) is 10.9 Å². The summed E-state index contributed by atoms with van der Waals surface area (Å²) in [6, 6.07) is 11.2. The highest BCUT2D eigenvalue weighted by Crippen LogP contribution is 2.30. The fraction of sp³-hybridized carbons (Fsp3) is 0.278. The lowest BCUT2D eigenvalue weighted by atomic mass is 10.2. The largest absolute Gasteiger partial charge is 0.468 e. The molecule has 0 unspecified atom stereocenters. The molecule has 0 bridgehead atoms. The second kappa shape index (κ2) is 6.74. The minimum absolute atomic E-state index is 0.0182. The number of nitrogens with zero attached hydrogens (tertiary/aromatic N) is 2. The summed E-state index contributed by atoms with van der Waals surface area (Å²) in [6.45, 7) is -0.0290. The van der Waals surface area contributed by atoms with E-state index in [2.05, 4.69) is 4.98 Å². The second-order valence-electron chi connectivity index (χ2n) is 6.52. The third kappa shape index (κ3) is 3.50. The molecule has 27 heavy (non-hydrogen) atoms. The maximum atomic E-state index is 13.5. The highest BCUT2D eigenvalue weighted by Gasteiger charge is 2.40. The van der Waals surface area contributed by atoms with Gasteiger partial charge in [0.2, 0.25) is 10.0 Å². The third-order valence-corrected chi connectivity index (χ3v) is 8.37. The van der Waals surface area contributed by atoms with Gasteiger partial charge >= 0.3 is 0 Å². The topological polar surface area (TPSA) is 97.5 Å². The molecule has 0 radical (unpaired) electrons. The van der Waals surface area contributed by atoms with Gasteiger partial charge < -0.3 is 4.42 Å². The van der Waals surface area contributed by atoms with Crippen molar-refractivity contribution in [2.45, 2.75) is 23.9 Å². The molecule has 1 fully saturated rings. The van der Waals surface area contributed by atoms with Crippen LogP contribution in [-0.2, 0) is 26.4 Å². The monoisotopic (exact) mass is 406 g/mol. The number of hydrogen-bond donors (Lipinski definition) is 0. The Bertz CT molecular complexity index is 1170. The highest BCUT2D eigenvalue weighted by atomic mass is 32.2. The molecule has 7 nitrogen and oxygen atoms in total. The van der Waals surface area contributed by atoms with Crippen LogP contribution in [0.4, 0.5) is 0 Å². The Morgan fingerprint density at radius 3 is 2.67 bits per heavy atom.